The van der Waals surface area contributed by atoms with Crippen molar-refractivity contribution in [2.75, 3.05) is 6.54 Å². The lowest BCUT2D eigenvalue weighted by Crippen LogP contribution is -2.22. The van der Waals surface area contributed by atoms with Crippen LogP contribution >= 0.6 is 0 Å². The van der Waals surface area contributed by atoms with Crippen molar-refractivity contribution in [2.45, 2.75) is 39.3 Å². The summed E-state index contributed by atoms with van der Waals surface area (Å²) in [5, 5.41) is 4.02. The highest BCUT2D eigenvalue weighted by molar-refractivity contribution is 5.53. The van der Waals surface area contributed by atoms with Gasteiger partial charge in [0, 0.05) is 18.2 Å². The first-order valence-electron chi connectivity index (χ1n) is 8.38. The van der Waals surface area contributed by atoms with E-state index in [0.29, 0.717) is 5.89 Å². The quantitative estimate of drug-likeness (QED) is 0.717. The molecule has 2 aromatic heterocycles. The summed E-state index contributed by atoms with van der Waals surface area (Å²) in [5.74, 6) is 1.63. The summed E-state index contributed by atoms with van der Waals surface area (Å²) in [4.78, 5) is 7.04. The Balaban J connectivity index is 1.50. The molecule has 0 radical (unpaired) electrons. The third-order valence-corrected chi connectivity index (χ3v) is 4.55. The lowest BCUT2D eigenvalue weighted by Gasteiger charge is -2.20. The van der Waals surface area contributed by atoms with Crippen molar-refractivity contribution in [2.24, 2.45) is 0 Å². The smallest absolute Gasteiger partial charge is 0.226 e. The molecule has 1 saturated heterocycles. The van der Waals surface area contributed by atoms with Crippen LogP contribution in [0.3, 0.4) is 0 Å². The number of likely N-dealkylation sites (tertiary alicyclic amines) is 1. The minimum atomic E-state index is 0.283. The number of nitrogens with zero attached hydrogens (tertiary/aromatic N) is 3. The summed E-state index contributed by atoms with van der Waals surface area (Å²) in [6, 6.07) is 10.5. The highest BCUT2D eigenvalue weighted by Crippen LogP contribution is 2.33. The fourth-order valence-electron chi connectivity index (χ4n) is 3.29. The zero-order valence-electron chi connectivity index (χ0n) is 14.0. The Hall–Kier alpha value is -2.40. The van der Waals surface area contributed by atoms with Crippen LogP contribution in [0.4, 0.5) is 0 Å². The van der Waals surface area contributed by atoms with Gasteiger partial charge in [-0.25, -0.2) is 4.98 Å². The third kappa shape index (κ3) is 2.99. The van der Waals surface area contributed by atoms with E-state index in [0.717, 1.165) is 48.6 Å². The van der Waals surface area contributed by atoms with Crippen molar-refractivity contribution in [1.29, 1.82) is 0 Å². The molecule has 1 aliphatic heterocycles. The Morgan fingerprint density at radius 1 is 1.21 bits per heavy atom. The molecule has 5 nitrogen and oxygen atoms in total. The summed E-state index contributed by atoms with van der Waals surface area (Å²) in [6.07, 6.45) is 4.01. The Bertz CT molecular complexity index is 819. The fourth-order valence-corrected chi connectivity index (χ4v) is 3.29. The molecule has 0 saturated carbocycles. The van der Waals surface area contributed by atoms with Crippen molar-refractivity contribution in [3.05, 3.63) is 59.3 Å². The molecule has 0 aliphatic carbocycles. The van der Waals surface area contributed by atoms with Gasteiger partial charge >= 0.3 is 0 Å². The van der Waals surface area contributed by atoms with E-state index < -0.39 is 0 Å². The molecular weight excluding hydrogens is 302 g/mol. The van der Waals surface area contributed by atoms with Gasteiger partial charge in [-0.15, -0.1) is 0 Å². The maximum absolute atomic E-state index is 5.67. The second kappa shape index (κ2) is 6.24. The molecule has 0 bridgehead atoms. The van der Waals surface area contributed by atoms with Gasteiger partial charge < -0.3 is 8.94 Å². The first-order chi connectivity index (χ1) is 11.7. The number of hydrogen-bond donors (Lipinski definition) is 0. The Morgan fingerprint density at radius 3 is 2.79 bits per heavy atom. The molecular formula is C19H21N3O2. The third-order valence-electron chi connectivity index (χ3n) is 4.55. The Labute approximate surface area is 141 Å². The van der Waals surface area contributed by atoms with Crippen LogP contribution in [0.2, 0.25) is 0 Å². The van der Waals surface area contributed by atoms with E-state index in [1.165, 1.54) is 5.56 Å². The molecule has 24 heavy (non-hydrogen) atoms. The normalized spacial score (nSPS) is 18.3. The van der Waals surface area contributed by atoms with E-state index in [1.807, 2.05) is 25.1 Å². The summed E-state index contributed by atoms with van der Waals surface area (Å²) < 4.78 is 11.1. The van der Waals surface area contributed by atoms with Crippen LogP contribution in [0.15, 0.2) is 45.5 Å². The molecule has 1 aromatic carbocycles. The summed E-state index contributed by atoms with van der Waals surface area (Å²) in [7, 11) is 0. The van der Waals surface area contributed by atoms with Gasteiger partial charge in [0.15, 0.2) is 5.76 Å². The van der Waals surface area contributed by atoms with Crippen molar-refractivity contribution in [3.8, 4) is 11.5 Å². The maximum Gasteiger partial charge on any atom is 0.226 e. The van der Waals surface area contributed by atoms with Gasteiger partial charge in [0.1, 0.15) is 6.26 Å². The molecule has 3 heterocycles. The molecule has 1 aliphatic rings. The average molecular weight is 323 g/mol. The zero-order valence-corrected chi connectivity index (χ0v) is 14.0. The largest absolute Gasteiger partial charge is 0.444 e. The van der Waals surface area contributed by atoms with Crippen molar-refractivity contribution in [3.63, 3.8) is 0 Å². The number of aromatic nitrogens is 2. The van der Waals surface area contributed by atoms with E-state index in [2.05, 4.69) is 34.1 Å². The topological polar surface area (TPSA) is 55.3 Å². The van der Waals surface area contributed by atoms with E-state index in [9.17, 15) is 0 Å². The van der Waals surface area contributed by atoms with E-state index >= 15 is 0 Å². The summed E-state index contributed by atoms with van der Waals surface area (Å²) in [6.45, 7) is 5.83. The Morgan fingerprint density at radius 2 is 2.04 bits per heavy atom. The minimum Gasteiger partial charge on any atom is -0.444 e. The minimum absolute atomic E-state index is 0.283. The predicted molar refractivity (Wildman–Crippen MR) is 90.3 cm³/mol. The Kier molecular flexibility index (Phi) is 3.94. The highest BCUT2D eigenvalue weighted by Gasteiger charge is 2.29. The molecule has 1 fully saturated rings. The molecule has 5 heteroatoms. The van der Waals surface area contributed by atoms with Crippen molar-refractivity contribution < 1.29 is 8.94 Å². The van der Waals surface area contributed by atoms with Crippen molar-refractivity contribution in [1.82, 2.24) is 15.0 Å². The van der Waals surface area contributed by atoms with Gasteiger partial charge in [-0.1, -0.05) is 22.9 Å². The predicted octanol–water partition coefficient (Wildman–Crippen LogP) is 4.28. The average Bonchev–Trinajstić information content (AvgIpc) is 3.30. The SMILES string of the molecule is Cc1ccc(-c2nc(CN3CCCC3c3cc(C)no3)co2)cc1. The van der Waals surface area contributed by atoms with Crippen LogP contribution in [0, 0.1) is 13.8 Å². The number of rotatable bonds is 4. The van der Waals surface area contributed by atoms with E-state index in [-0.39, 0.29) is 6.04 Å². The highest BCUT2D eigenvalue weighted by atomic mass is 16.5. The number of aryl methyl sites for hydroxylation is 2. The van der Waals surface area contributed by atoms with Crippen LogP contribution in [0.25, 0.3) is 11.5 Å². The number of hydrogen-bond acceptors (Lipinski definition) is 5. The molecule has 0 amide bonds. The molecule has 1 unspecified atom stereocenters. The zero-order chi connectivity index (χ0) is 16.5. The fraction of sp³-hybridized carbons (Fsp3) is 0.368. The first kappa shape index (κ1) is 15.1. The van der Waals surface area contributed by atoms with E-state index in [1.54, 1.807) is 6.26 Å². The van der Waals surface area contributed by atoms with Crippen molar-refractivity contribution >= 4 is 0 Å². The number of benzene rings is 1. The molecule has 0 N–H and O–H groups in total. The van der Waals surface area contributed by atoms with Gasteiger partial charge in [0.2, 0.25) is 5.89 Å². The van der Waals surface area contributed by atoms with Gasteiger partial charge in [0.05, 0.1) is 17.4 Å². The molecule has 124 valence electrons. The number of oxazole rings is 1. The van der Waals surface area contributed by atoms with Gasteiger partial charge in [-0.05, 0) is 45.4 Å². The lowest BCUT2D eigenvalue weighted by atomic mass is 10.1. The van der Waals surface area contributed by atoms with Crippen LogP contribution in [-0.2, 0) is 6.54 Å². The van der Waals surface area contributed by atoms with Crippen LogP contribution in [0.5, 0.6) is 0 Å². The molecule has 0 spiro atoms. The van der Waals surface area contributed by atoms with Gasteiger partial charge in [-0.2, -0.15) is 0 Å². The van der Waals surface area contributed by atoms with Gasteiger partial charge in [-0.3, -0.25) is 4.90 Å². The summed E-state index contributed by atoms with van der Waals surface area (Å²) in [5.41, 5.74) is 4.12. The van der Waals surface area contributed by atoms with Gasteiger partial charge in [0.25, 0.3) is 0 Å². The maximum atomic E-state index is 5.67. The van der Waals surface area contributed by atoms with Crippen LogP contribution in [-0.4, -0.2) is 21.6 Å². The van der Waals surface area contributed by atoms with Crippen LogP contribution < -0.4 is 0 Å². The lowest BCUT2D eigenvalue weighted by molar-refractivity contribution is 0.204. The summed E-state index contributed by atoms with van der Waals surface area (Å²) >= 11 is 0. The van der Waals surface area contributed by atoms with E-state index in [4.69, 9.17) is 8.94 Å². The molecule has 1 atom stereocenters. The second-order valence-electron chi connectivity index (χ2n) is 6.51. The van der Waals surface area contributed by atoms with Crippen LogP contribution in [0.1, 0.15) is 41.6 Å². The standard InChI is InChI=1S/C19H21N3O2/c1-13-5-7-15(8-6-13)19-20-16(12-23-19)11-22-9-3-4-17(22)18-10-14(2)21-24-18/h5-8,10,12,17H,3-4,9,11H2,1-2H3. The molecule has 4 rings (SSSR count). The monoisotopic (exact) mass is 323 g/mol. The molecule has 3 aromatic rings. The second-order valence-corrected chi connectivity index (χ2v) is 6.51. The first-order valence-corrected chi connectivity index (χ1v) is 8.38.